The van der Waals surface area contributed by atoms with E-state index in [0.29, 0.717) is 0 Å². The Kier molecular flexibility index (Phi) is 11.2. The van der Waals surface area contributed by atoms with Crippen LogP contribution in [-0.4, -0.2) is 11.1 Å². The molecule has 0 heterocycles. The highest BCUT2D eigenvalue weighted by Gasteiger charge is 2.30. The van der Waals surface area contributed by atoms with E-state index >= 15 is 0 Å². The van der Waals surface area contributed by atoms with Gasteiger partial charge < -0.3 is 5.11 Å². The standard InChI is InChI=1S/C27H38O2/c1-2-3-4-5-6-7-8-9-10-17-22-25(27(28)29)26(23-18-13-11-14-19-23)24-20-15-12-16-21-24/h11-16,18-21,25-26H,2-10,17,22H2,1H3,(H,28,29). The van der Waals surface area contributed by atoms with Gasteiger partial charge in [0.15, 0.2) is 0 Å². The van der Waals surface area contributed by atoms with Crippen LogP contribution in [0.15, 0.2) is 60.7 Å². The number of rotatable bonds is 15. The number of unbranched alkanes of at least 4 members (excludes halogenated alkanes) is 9. The van der Waals surface area contributed by atoms with Crippen LogP contribution >= 0.6 is 0 Å². The molecular weight excluding hydrogens is 356 g/mol. The predicted octanol–water partition coefficient (Wildman–Crippen LogP) is 7.83. The van der Waals surface area contributed by atoms with E-state index in [1.54, 1.807) is 0 Å². The van der Waals surface area contributed by atoms with Crippen molar-refractivity contribution in [1.29, 1.82) is 0 Å². The Labute approximate surface area is 177 Å². The van der Waals surface area contributed by atoms with Crippen molar-refractivity contribution in [3.63, 3.8) is 0 Å². The third-order valence-corrected chi connectivity index (χ3v) is 5.91. The van der Waals surface area contributed by atoms with E-state index in [1.807, 2.05) is 36.4 Å². The largest absolute Gasteiger partial charge is 0.481 e. The van der Waals surface area contributed by atoms with Gasteiger partial charge in [0, 0.05) is 5.92 Å². The summed E-state index contributed by atoms with van der Waals surface area (Å²) in [7, 11) is 0. The van der Waals surface area contributed by atoms with E-state index in [-0.39, 0.29) is 11.8 Å². The minimum Gasteiger partial charge on any atom is -0.481 e. The number of carboxylic acid groups (broad SMARTS) is 1. The molecular formula is C27H38O2. The lowest BCUT2D eigenvalue weighted by atomic mass is 9.78. The maximum Gasteiger partial charge on any atom is 0.307 e. The van der Waals surface area contributed by atoms with Crippen LogP contribution in [0.3, 0.4) is 0 Å². The summed E-state index contributed by atoms with van der Waals surface area (Å²) in [5.41, 5.74) is 2.19. The molecule has 0 radical (unpaired) electrons. The van der Waals surface area contributed by atoms with Crippen molar-refractivity contribution in [2.45, 2.75) is 83.5 Å². The number of hydrogen-bond acceptors (Lipinski definition) is 1. The second-order valence-corrected chi connectivity index (χ2v) is 8.21. The Morgan fingerprint density at radius 2 is 1.10 bits per heavy atom. The summed E-state index contributed by atoms with van der Waals surface area (Å²) in [6, 6.07) is 20.2. The average Bonchev–Trinajstić information content (AvgIpc) is 2.75. The van der Waals surface area contributed by atoms with Gasteiger partial charge in [0.2, 0.25) is 0 Å². The van der Waals surface area contributed by atoms with E-state index in [4.69, 9.17) is 0 Å². The molecule has 1 unspecified atom stereocenters. The molecule has 0 amide bonds. The van der Waals surface area contributed by atoms with Crippen LogP contribution in [-0.2, 0) is 4.79 Å². The van der Waals surface area contributed by atoms with Gasteiger partial charge >= 0.3 is 5.97 Å². The summed E-state index contributed by atoms with van der Waals surface area (Å²) in [5, 5.41) is 10.0. The number of hydrogen-bond donors (Lipinski definition) is 1. The van der Waals surface area contributed by atoms with Crippen LogP contribution in [0, 0.1) is 5.92 Å². The zero-order valence-electron chi connectivity index (χ0n) is 18.1. The van der Waals surface area contributed by atoms with Crippen LogP contribution < -0.4 is 0 Å². The highest BCUT2D eigenvalue weighted by atomic mass is 16.4. The smallest absolute Gasteiger partial charge is 0.307 e. The number of carboxylic acids is 1. The van der Waals surface area contributed by atoms with Crippen molar-refractivity contribution in [2.75, 3.05) is 0 Å². The fourth-order valence-corrected chi connectivity index (χ4v) is 4.26. The van der Waals surface area contributed by atoms with Gasteiger partial charge in [0.05, 0.1) is 5.92 Å². The fourth-order valence-electron chi connectivity index (χ4n) is 4.26. The SMILES string of the molecule is CCCCCCCCCCCCC(C(=O)O)C(c1ccccc1)c1ccccc1. The Bertz CT molecular complexity index is 626. The minimum atomic E-state index is -0.682. The molecule has 0 fully saturated rings. The van der Waals surface area contributed by atoms with Crippen LogP contribution in [0.4, 0.5) is 0 Å². The van der Waals surface area contributed by atoms with E-state index in [1.165, 1.54) is 51.4 Å². The van der Waals surface area contributed by atoms with Crippen molar-refractivity contribution >= 4 is 5.97 Å². The van der Waals surface area contributed by atoms with Crippen LogP contribution in [0.5, 0.6) is 0 Å². The first-order valence-electron chi connectivity index (χ1n) is 11.6. The number of carbonyl (C=O) groups is 1. The minimum absolute atomic E-state index is 0.0894. The number of benzene rings is 2. The zero-order chi connectivity index (χ0) is 20.7. The molecule has 1 N–H and O–H groups in total. The zero-order valence-corrected chi connectivity index (χ0v) is 18.1. The van der Waals surface area contributed by atoms with Crippen molar-refractivity contribution in [3.8, 4) is 0 Å². The monoisotopic (exact) mass is 394 g/mol. The Morgan fingerprint density at radius 3 is 1.52 bits per heavy atom. The molecule has 0 aromatic heterocycles. The third-order valence-electron chi connectivity index (χ3n) is 5.91. The first-order valence-corrected chi connectivity index (χ1v) is 11.6. The van der Waals surface area contributed by atoms with E-state index in [0.717, 1.165) is 30.4 Å². The second-order valence-electron chi connectivity index (χ2n) is 8.21. The molecule has 0 saturated carbocycles. The number of aliphatic carboxylic acids is 1. The highest BCUT2D eigenvalue weighted by molar-refractivity contribution is 5.72. The van der Waals surface area contributed by atoms with Crippen molar-refractivity contribution < 1.29 is 9.90 Å². The molecule has 0 bridgehead atoms. The summed E-state index contributed by atoms with van der Waals surface area (Å²) in [6.07, 6.45) is 13.4. The summed E-state index contributed by atoms with van der Waals surface area (Å²) in [4.78, 5) is 12.2. The average molecular weight is 395 g/mol. The van der Waals surface area contributed by atoms with Gasteiger partial charge in [-0.2, -0.15) is 0 Å². The van der Waals surface area contributed by atoms with Crippen molar-refractivity contribution in [3.05, 3.63) is 71.8 Å². The fraction of sp³-hybridized carbons (Fsp3) is 0.519. The quantitative estimate of drug-likeness (QED) is 0.312. The maximum atomic E-state index is 12.2. The molecule has 2 aromatic carbocycles. The molecule has 0 aliphatic carbocycles. The van der Waals surface area contributed by atoms with Gasteiger partial charge in [0.1, 0.15) is 0 Å². The molecule has 2 nitrogen and oxygen atoms in total. The lowest BCUT2D eigenvalue weighted by molar-refractivity contribution is -0.142. The summed E-state index contributed by atoms with van der Waals surface area (Å²) < 4.78 is 0. The third kappa shape index (κ3) is 8.43. The maximum absolute atomic E-state index is 12.2. The Balaban J connectivity index is 1.87. The molecule has 0 aliphatic rings. The molecule has 0 saturated heterocycles. The van der Waals surface area contributed by atoms with Gasteiger partial charge in [0.25, 0.3) is 0 Å². The molecule has 0 spiro atoms. The lowest BCUT2D eigenvalue weighted by Gasteiger charge is -2.25. The van der Waals surface area contributed by atoms with Crippen molar-refractivity contribution in [1.82, 2.24) is 0 Å². The first-order chi connectivity index (χ1) is 14.2. The van der Waals surface area contributed by atoms with Gasteiger partial charge in [-0.25, -0.2) is 0 Å². The van der Waals surface area contributed by atoms with Gasteiger partial charge in [-0.05, 0) is 17.5 Å². The lowest BCUT2D eigenvalue weighted by Crippen LogP contribution is -2.23. The summed E-state index contributed by atoms with van der Waals surface area (Å²) >= 11 is 0. The van der Waals surface area contributed by atoms with Crippen molar-refractivity contribution in [2.24, 2.45) is 5.92 Å². The molecule has 2 rings (SSSR count). The van der Waals surface area contributed by atoms with Crippen LogP contribution in [0.1, 0.15) is 94.6 Å². The summed E-state index contributed by atoms with van der Waals surface area (Å²) in [5.74, 6) is -1.15. The highest BCUT2D eigenvalue weighted by Crippen LogP contribution is 2.35. The van der Waals surface area contributed by atoms with Crippen LogP contribution in [0.2, 0.25) is 0 Å². The molecule has 2 heteroatoms. The van der Waals surface area contributed by atoms with Crippen LogP contribution in [0.25, 0.3) is 0 Å². The molecule has 29 heavy (non-hydrogen) atoms. The Hall–Kier alpha value is -2.09. The predicted molar refractivity (Wildman–Crippen MR) is 122 cm³/mol. The van der Waals surface area contributed by atoms with E-state index in [9.17, 15) is 9.90 Å². The second kappa shape index (κ2) is 14.0. The summed E-state index contributed by atoms with van der Waals surface area (Å²) in [6.45, 7) is 2.25. The van der Waals surface area contributed by atoms with E-state index < -0.39 is 5.97 Å². The molecule has 1 atom stereocenters. The van der Waals surface area contributed by atoms with E-state index in [2.05, 4.69) is 31.2 Å². The molecule has 2 aromatic rings. The molecule has 158 valence electrons. The normalized spacial score (nSPS) is 12.2. The molecule has 0 aliphatic heterocycles. The first kappa shape index (κ1) is 23.2. The van der Waals surface area contributed by atoms with Gasteiger partial charge in [-0.3, -0.25) is 4.79 Å². The van der Waals surface area contributed by atoms with Gasteiger partial charge in [-0.15, -0.1) is 0 Å². The Morgan fingerprint density at radius 1 is 0.690 bits per heavy atom. The topological polar surface area (TPSA) is 37.3 Å². The van der Waals surface area contributed by atoms with Gasteiger partial charge in [-0.1, -0.05) is 132 Å².